The van der Waals surface area contributed by atoms with Crippen molar-refractivity contribution in [3.8, 4) is 0 Å². The van der Waals surface area contributed by atoms with Crippen molar-refractivity contribution in [2.24, 2.45) is 5.92 Å². The highest BCUT2D eigenvalue weighted by Gasteiger charge is 2.40. The first kappa shape index (κ1) is 13.9. The van der Waals surface area contributed by atoms with Gasteiger partial charge in [0, 0.05) is 6.04 Å². The summed E-state index contributed by atoms with van der Waals surface area (Å²) < 4.78 is 0. The number of hydrogen-bond acceptors (Lipinski definition) is 2. The second kappa shape index (κ2) is 6.05. The van der Waals surface area contributed by atoms with E-state index in [2.05, 4.69) is 24.5 Å². The van der Waals surface area contributed by atoms with Gasteiger partial charge < -0.3 is 10.6 Å². The summed E-state index contributed by atoms with van der Waals surface area (Å²) in [6.07, 6.45) is 9.10. The van der Waals surface area contributed by atoms with Crippen molar-refractivity contribution >= 4 is 5.91 Å². The Morgan fingerprint density at radius 2 is 2.22 bits per heavy atom. The Kier molecular flexibility index (Phi) is 4.66. The zero-order chi connectivity index (χ0) is 13.0. The third-order valence-corrected chi connectivity index (χ3v) is 4.63. The molecule has 0 aromatic heterocycles. The maximum atomic E-state index is 12.6. The Morgan fingerprint density at radius 3 is 2.83 bits per heavy atom. The van der Waals surface area contributed by atoms with E-state index in [-0.39, 0.29) is 11.4 Å². The standard InChI is InChI=1S/C15H28N2O/c1-3-8-15(9-5-10-16-15)14(18)17-13-7-4-6-12(2)11-13/h12-13,16H,3-11H2,1-2H3,(H,17,18). The monoisotopic (exact) mass is 252 g/mol. The van der Waals surface area contributed by atoms with E-state index in [0.717, 1.165) is 51.0 Å². The molecule has 18 heavy (non-hydrogen) atoms. The van der Waals surface area contributed by atoms with Gasteiger partial charge in [-0.2, -0.15) is 0 Å². The van der Waals surface area contributed by atoms with Crippen LogP contribution in [0.2, 0.25) is 0 Å². The van der Waals surface area contributed by atoms with E-state index >= 15 is 0 Å². The summed E-state index contributed by atoms with van der Waals surface area (Å²) in [5.74, 6) is 1.03. The number of hydrogen-bond donors (Lipinski definition) is 2. The van der Waals surface area contributed by atoms with E-state index in [1.807, 2.05) is 0 Å². The smallest absolute Gasteiger partial charge is 0.240 e. The number of nitrogens with one attached hydrogen (secondary N) is 2. The molecule has 1 amide bonds. The number of carbonyl (C=O) groups excluding carboxylic acids is 1. The molecule has 1 saturated carbocycles. The summed E-state index contributed by atoms with van der Waals surface area (Å²) >= 11 is 0. The molecule has 0 spiro atoms. The molecule has 0 radical (unpaired) electrons. The van der Waals surface area contributed by atoms with Crippen LogP contribution in [0.4, 0.5) is 0 Å². The maximum absolute atomic E-state index is 12.6. The van der Waals surface area contributed by atoms with Gasteiger partial charge in [-0.25, -0.2) is 0 Å². The van der Waals surface area contributed by atoms with E-state index in [1.54, 1.807) is 0 Å². The predicted octanol–water partition coefficient (Wildman–Crippen LogP) is 2.60. The molecule has 0 bridgehead atoms. The molecule has 2 N–H and O–H groups in total. The Balaban J connectivity index is 1.92. The van der Waals surface area contributed by atoms with Gasteiger partial charge in [0.15, 0.2) is 0 Å². The van der Waals surface area contributed by atoms with E-state index < -0.39 is 0 Å². The molecular weight excluding hydrogens is 224 g/mol. The van der Waals surface area contributed by atoms with Crippen molar-refractivity contribution in [3.05, 3.63) is 0 Å². The van der Waals surface area contributed by atoms with Crippen molar-refractivity contribution in [2.75, 3.05) is 6.54 Å². The van der Waals surface area contributed by atoms with Crippen molar-refractivity contribution in [2.45, 2.75) is 76.8 Å². The van der Waals surface area contributed by atoms with Gasteiger partial charge >= 0.3 is 0 Å². The average Bonchev–Trinajstić information content (AvgIpc) is 2.79. The van der Waals surface area contributed by atoms with Crippen LogP contribution in [0.5, 0.6) is 0 Å². The van der Waals surface area contributed by atoms with Crippen LogP contribution in [0.3, 0.4) is 0 Å². The lowest BCUT2D eigenvalue weighted by molar-refractivity contribution is -0.128. The fourth-order valence-electron chi connectivity index (χ4n) is 3.64. The number of carbonyl (C=O) groups is 1. The van der Waals surface area contributed by atoms with Crippen LogP contribution in [0.25, 0.3) is 0 Å². The van der Waals surface area contributed by atoms with Gasteiger partial charge in [0.05, 0.1) is 5.54 Å². The molecule has 1 saturated heterocycles. The summed E-state index contributed by atoms with van der Waals surface area (Å²) in [4.78, 5) is 12.6. The molecule has 2 aliphatic rings. The molecule has 3 nitrogen and oxygen atoms in total. The normalized spacial score (nSPS) is 36.6. The molecule has 3 heteroatoms. The Bertz CT molecular complexity index is 284. The topological polar surface area (TPSA) is 41.1 Å². The highest BCUT2D eigenvalue weighted by atomic mass is 16.2. The maximum Gasteiger partial charge on any atom is 0.240 e. The van der Waals surface area contributed by atoms with Gasteiger partial charge in [0.25, 0.3) is 0 Å². The van der Waals surface area contributed by atoms with Crippen LogP contribution < -0.4 is 10.6 Å². The lowest BCUT2D eigenvalue weighted by atomic mass is 9.85. The molecule has 1 aliphatic carbocycles. The minimum Gasteiger partial charge on any atom is -0.352 e. The fraction of sp³-hybridized carbons (Fsp3) is 0.933. The highest BCUT2D eigenvalue weighted by molar-refractivity contribution is 5.87. The van der Waals surface area contributed by atoms with Gasteiger partial charge in [-0.15, -0.1) is 0 Å². The second-order valence-electron chi connectivity index (χ2n) is 6.30. The molecule has 3 atom stereocenters. The second-order valence-corrected chi connectivity index (χ2v) is 6.30. The molecular formula is C15H28N2O. The number of amides is 1. The van der Waals surface area contributed by atoms with Gasteiger partial charge in [-0.3, -0.25) is 4.79 Å². The van der Waals surface area contributed by atoms with Crippen LogP contribution >= 0.6 is 0 Å². The SMILES string of the molecule is CCCC1(C(=O)NC2CCCC(C)C2)CCCN1. The van der Waals surface area contributed by atoms with Gasteiger partial charge in [0.1, 0.15) is 0 Å². The minimum atomic E-state index is -0.255. The largest absolute Gasteiger partial charge is 0.352 e. The van der Waals surface area contributed by atoms with E-state index in [1.165, 1.54) is 12.8 Å². The summed E-state index contributed by atoms with van der Waals surface area (Å²) in [5, 5.41) is 6.77. The van der Waals surface area contributed by atoms with Crippen LogP contribution in [-0.2, 0) is 4.79 Å². The Labute approximate surface area is 111 Å². The van der Waals surface area contributed by atoms with E-state index in [0.29, 0.717) is 6.04 Å². The highest BCUT2D eigenvalue weighted by Crippen LogP contribution is 2.27. The van der Waals surface area contributed by atoms with Crippen LogP contribution in [-0.4, -0.2) is 24.0 Å². The van der Waals surface area contributed by atoms with Crippen LogP contribution in [0, 0.1) is 5.92 Å². The third-order valence-electron chi connectivity index (χ3n) is 4.63. The molecule has 1 aliphatic heterocycles. The lowest BCUT2D eigenvalue weighted by Gasteiger charge is -2.33. The van der Waals surface area contributed by atoms with Crippen molar-refractivity contribution in [1.82, 2.24) is 10.6 Å². The molecule has 0 aromatic carbocycles. The molecule has 2 fully saturated rings. The minimum absolute atomic E-state index is 0.255. The Morgan fingerprint density at radius 1 is 1.39 bits per heavy atom. The van der Waals surface area contributed by atoms with E-state index in [9.17, 15) is 4.79 Å². The van der Waals surface area contributed by atoms with Crippen molar-refractivity contribution in [1.29, 1.82) is 0 Å². The summed E-state index contributed by atoms with van der Waals surface area (Å²) in [6.45, 7) is 5.46. The zero-order valence-corrected chi connectivity index (χ0v) is 11.9. The Hall–Kier alpha value is -0.570. The quantitative estimate of drug-likeness (QED) is 0.807. The summed E-state index contributed by atoms with van der Waals surface area (Å²) in [6, 6.07) is 0.414. The first-order valence-corrected chi connectivity index (χ1v) is 7.72. The summed E-state index contributed by atoms with van der Waals surface area (Å²) in [7, 11) is 0. The fourth-order valence-corrected chi connectivity index (χ4v) is 3.64. The van der Waals surface area contributed by atoms with E-state index in [4.69, 9.17) is 0 Å². The van der Waals surface area contributed by atoms with Gasteiger partial charge in [-0.1, -0.05) is 33.1 Å². The lowest BCUT2D eigenvalue weighted by Crippen LogP contribution is -2.56. The van der Waals surface area contributed by atoms with Gasteiger partial charge in [-0.05, 0) is 44.6 Å². The zero-order valence-electron chi connectivity index (χ0n) is 11.9. The molecule has 104 valence electrons. The van der Waals surface area contributed by atoms with Crippen LogP contribution in [0.15, 0.2) is 0 Å². The van der Waals surface area contributed by atoms with Gasteiger partial charge in [0.2, 0.25) is 5.91 Å². The molecule has 0 aromatic rings. The number of rotatable bonds is 4. The van der Waals surface area contributed by atoms with Crippen molar-refractivity contribution < 1.29 is 4.79 Å². The molecule has 3 unspecified atom stereocenters. The predicted molar refractivity (Wildman–Crippen MR) is 74.4 cm³/mol. The molecule has 1 heterocycles. The third kappa shape index (κ3) is 3.05. The summed E-state index contributed by atoms with van der Waals surface area (Å²) in [5.41, 5.74) is -0.255. The average molecular weight is 252 g/mol. The first-order chi connectivity index (χ1) is 8.66. The molecule has 2 rings (SSSR count). The van der Waals surface area contributed by atoms with Crippen molar-refractivity contribution in [3.63, 3.8) is 0 Å². The first-order valence-electron chi connectivity index (χ1n) is 7.72. The van der Waals surface area contributed by atoms with Crippen LogP contribution in [0.1, 0.15) is 65.2 Å².